The Kier molecular flexibility index (Phi) is 5.56. The summed E-state index contributed by atoms with van der Waals surface area (Å²) in [5, 5.41) is 0. The highest BCUT2D eigenvalue weighted by Gasteiger charge is 2.25. The number of piperidine rings is 1. The molecule has 1 aliphatic rings. The highest BCUT2D eigenvalue weighted by molar-refractivity contribution is 5.78. The summed E-state index contributed by atoms with van der Waals surface area (Å²) in [5.41, 5.74) is 11.0. The number of carbonyl (C=O) groups is 1. The van der Waals surface area contributed by atoms with Crippen molar-refractivity contribution in [3.05, 3.63) is 77.7 Å². The molecule has 1 amide bonds. The standard InChI is InChI=1S/C24H26N4O/c1-17-13-21(20-7-8-23(25)26-16-20)15-22(27-17)19-9-11-28(12-10-19)24(29)14-18-5-3-2-4-6-18/h2-8,13,15-16,19H,9-12,14H2,1H3,(H2,25,26). The van der Waals surface area contributed by atoms with Crippen LogP contribution in [0.1, 0.15) is 35.7 Å². The van der Waals surface area contributed by atoms with Crippen LogP contribution in [0.2, 0.25) is 0 Å². The van der Waals surface area contributed by atoms with Crippen molar-refractivity contribution in [3.8, 4) is 11.1 Å². The van der Waals surface area contributed by atoms with Crippen LogP contribution in [0.3, 0.4) is 0 Å². The Hall–Kier alpha value is -3.21. The van der Waals surface area contributed by atoms with Crippen molar-refractivity contribution in [1.29, 1.82) is 0 Å². The fraction of sp³-hybridized carbons (Fsp3) is 0.292. The Bertz CT molecular complexity index is 978. The summed E-state index contributed by atoms with van der Waals surface area (Å²) in [6, 6.07) is 18.0. The molecule has 1 aromatic carbocycles. The van der Waals surface area contributed by atoms with E-state index in [0.29, 0.717) is 18.2 Å². The van der Waals surface area contributed by atoms with E-state index in [-0.39, 0.29) is 5.91 Å². The maximum absolute atomic E-state index is 12.6. The number of amides is 1. The topological polar surface area (TPSA) is 72.1 Å². The third-order valence-electron chi connectivity index (χ3n) is 5.56. The quantitative estimate of drug-likeness (QED) is 0.736. The van der Waals surface area contributed by atoms with Gasteiger partial charge < -0.3 is 10.6 Å². The molecule has 4 rings (SSSR count). The molecule has 0 bridgehead atoms. The van der Waals surface area contributed by atoms with Gasteiger partial charge in [0, 0.05) is 42.2 Å². The molecule has 0 atom stereocenters. The molecule has 148 valence electrons. The number of nitrogens with zero attached hydrogens (tertiary/aromatic N) is 3. The molecular formula is C24H26N4O. The first-order valence-electron chi connectivity index (χ1n) is 10.1. The maximum atomic E-state index is 12.6. The third kappa shape index (κ3) is 4.62. The molecule has 5 heteroatoms. The highest BCUT2D eigenvalue weighted by Crippen LogP contribution is 2.30. The van der Waals surface area contributed by atoms with Crippen molar-refractivity contribution >= 4 is 11.7 Å². The van der Waals surface area contributed by atoms with Gasteiger partial charge in [-0.2, -0.15) is 0 Å². The SMILES string of the molecule is Cc1cc(-c2ccc(N)nc2)cc(C2CCN(C(=O)Cc3ccccc3)CC2)n1. The molecule has 0 radical (unpaired) electrons. The number of nitrogens with two attached hydrogens (primary N) is 1. The predicted octanol–water partition coefficient (Wildman–Crippen LogP) is 3.98. The van der Waals surface area contributed by atoms with E-state index >= 15 is 0 Å². The molecule has 0 unspecified atom stereocenters. The zero-order valence-corrected chi connectivity index (χ0v) is 16.7. The Morgan fingerprint density at radius 2 is 1.83 bits per heavy atom. The van der Waals surface area contributed by atoms with Crippen LogP contribution < -0.4 is 5.73 Å². The van der Waals surface area contributed by atoms with E-state index in [1.165, 1.54) is 0 Å². The highest BCUT2D eigenvalue weighted by atomic mass is 16.2. The summed E-state index contributed by atoms with van der Waals surface area (Å²) in [5.74, 6) is 1.10. The summed E-state index contributed by atoms with van der Waals surface area (Å²) in [6.07, 6.45) is 4.16. The average Bonchev–Trinajstić information content (AvgIpc) is 2.74. The van der Waals surface area contributed by atoms with Gasteiger partial charge in [-0.3, -0.25) is 9.78 Å². The summed E-state index contributed by atoms with van der Waals surface area (Å²) in [6.45, 7) is 3.59. The molecule has 0 saturated carbocycles. The van der Waals surface area contributed by atoms with E-state index < -0.39 is 0 Å². The van der Waals surface area contributed by atoms with E-state index in [9.17, 15) is 4.79 Å². The maximum Gasteiger partial charge on any atom is 0.226 e. The molecule has 1 saturated heterocycles. The lowest BCUT2D eigenvalue weighted by Crippen LogP contribution is -2.38. The molecule has 2 aromatic heterocycles. The molecular weight excluding hydrogens is 360 g/mol. The van der Waals surface area contributed by atoms with Crippen LogP contribution in [0.25, 0.3) is 11.1 Å². The Morgan fingerprint density at radius 1 is 1.07 bits per heavy atom. The van der Waals surface area contributed by atoms with Gasteiger partial charge in [0.2, 0.25) is 5.91 Å². The second-order valence-electron chi connectivity index (χ2n) is 7.71. The number of nitrogen functional groups attached to an aromatic ring is 1. The van der Waals surface area contributed by atoms with Crippen molar-refractivity contribution in [2.45, 2.75) is 32.1 Å². The van der Waals surface area contributed by atoms with Gasteiger partial charge in [-0.25, -0.2) is 4.98 Å². The third-order valence-corrected chi connectivity index (χ3v) is 5.56. The van der Waals surface area contributed by atoms with Crippen molar-refractivity contribution < 1.29 is 4.79 Å². The van der Waals surface area contributed by atoms with Crippen molar-refractivity contribution in [2.24, 2.45) is 0 Å². The zero-order chi connectivity index (χ0) is 20.2. The van der Waals surface area contributed by atoms with Crippen molar-refractivity contribution in [2.75, 3.05) is 18.8 Å². The number of likely N-dealkylation sites (tertiary alicyclic amines) is 1. The van der Waals surface area contributed by atoms with Gasteiger partial charge in [0.15, 0.2) is 0 Å². The van der Waals surface area contributed by atoms with Crippen LogP contribution in [0.5, 0.6) is 0 Å². The van der Waals surface area contributed by atoms with Crippen LogP contribution in [0.4, 0.5) is 5.82 Å². The van der Waals surface area contributed by atoms with Crippen LogP contribution in [0, 0.1) is 6.92 Å². The van der Waals surface area contributed by atoms with E-state index in [1.54, 1.807) is 6.20 Å². The van der Waals surface area contributed by atoms with E-state index in [1.807, 2.05) is 54.3 Å². The van der Waals surface area contributed by atoms with Crippen molar-refractivity contribution in [3.63, 3.8) is 0 Å². The normalized spacial score (nSPS) is 14.7. The monoisotopic (exact) mass is 386 g/mol. The fourth-order valence-electron chi connectivity index (χ4n) is 3.95. The van der Waals surface area contributed by atoms with Gasteiger partial charge in [0.05, 0.1) is 6.42 Å². The minimum Gasteiger partial charge on any atom is -0.384 e. The van der Waals surface area contributed by atoms with Gasteiger partial charge in [-0.15, -0.1) is 0 Å². The van der Waals surface area contributed by atoms with Crippen LogP contribution in [-0.2, 0) is 11.2 Å². The first-order chi connectivity index (χ1) is 14.1. The fourth-order valence-corrected chi connectivity index (χ4v) is 3.95. The Morgan fingerprint density at radius 3 is 2.52 bits per heavy atom. The van der Waals surface area contributed by atoms with E-state index in [4.69, 9.17) is 10.7 Å². The number of anilines is 1. The van der Waals surface area contributed by atoms with Crippen LogP contribution in [0.15, 0.2) is 60.8 Å². The number of hydrogen-bond acceptors (Lipinski definition) is 4. The lowest BCUT2D eigenvalue weighted by molar-refractivity contribution is -0.131. The van der Waals surface area contributed by atoms with Crippen LogP contribution in [-0.4, -0.2) is 33.9 Å². The predicted molar refractivity (Wildman–Crippen MR) is 115 cm³/mol. The number of aryl methyl sites for hydroxylation is 1. The van der Waals surface area contributed by atoms with Crippen LogP contribution >= 0.6 is 0 Å². The van der Waals surface area contributed by atoms with Crippen molar-refractivity contribution in [1.82, 2.24) is 14.9 Å². The van der Waals surface area contributed by atoms with E-state index in [2.05, 4.69) is 17.1 Å². The smallest absolute Gasteiger partial charge is 0.226 e. The summed E-state index contributed by atoms with van der Waals surface area (Å²) in [4.78, 5) is 23.6. The van der Waals surface area contributed by atoms with Gasteiger partial charge >= 0.3 is 0 Å². The minimum atomic E-state index is 0.209. The number of carbonyl (C=O) groups excluding carboxylic acids is 1. The Labute approximate surface area is 171 Å². The molecule has 3 aromatic rings. The van der Waals surface area contributed by atoms with Gasteiger partial charge in [-0.05, 0) is 55.2 Å². The van der Waals surface area contributed by atoms with Gasteiger partial charge in [-0.1, -0.05) is 30.3 Å². The molecule has 5 nitrogen and oxygen atoms in total. The Balaban J connectivity index is 1.43. The molecule has 3 heterocycles. The number of hydrogen-bond donors (Lipinski definition) is 1. The minimum absolute atomic E-state index is 0.209. The van der Waals surface area contributed by atoms with E-state index in [0.717, 1.165) is 54.0 Å². The molecule has 0 spiro atoms. The summed E-state index contributed by atoms with van der Waals surface area (Å²) >= 11 is 0. The largest absolute Gasteiger partial charge is 0.384 e. The van der Waals surface area contributed by atoms with Gasteiger partial charge in [0.25, 0.3) is 0 Å². The molecule has 2 N–H and O–H groups in total. The second-order valence-corrected chi connectivity index (χ2v) is 7.71. The molecule has 0 aliphatic carbocycles. The number of rotatable bonds is 4. The lowest BCUT2D eigenvalue weighted by atomic mass is 9.91. The molecule has 1 aliphatic heterocycles. The molecule has 1 fully saturated rings. The summed E-state index contributed by atoms with van der Waals surface area (Å²) in [7, 11) is 0. The average molecular weight is 386 g/mol. The number of aromatic nitrogens is 2. The number of pyridine rings is 2. The lowest BCUT2D eigenvalue weighted by Gasteiger charge is -2.32. The first-order valence-corrected chi connectivity index (χ1v) is 10.1. The molecule has 29 heavy (non-hydrogen) atoms. The second kappa shape index (κ2) is 8.43. The summed E-state index contributed by atoms with van der Waals surface area (Å²) < 4.78 is 0. The first kappa shape index (κ1) is 19.1. The number of benzene rings is 1. The van der Waals surface area contributed by atoms with Gasteiger partial charge in [0.1, 0.15) is 5.82 Å². The zero-order valence-electron chi connectivity index (χ0n) is 16.7.